The minimum absolute atomic E-state index is 0.0542. The normalized spacial score (nSPS) is 17.6. The zero-order valence-corrected chi connectivity index (χ0v) is 18.0. The van der Waals surface area contributed by atoms with E-state index < -0.39 is 33.9 Å². The fourth-order valence-corrected chi connectivity index (χ4v) is 4.36. The maximum Gasteiger partial charge on any atom is 0.243 e. The number of benzene rings is 1. The number of carbonyl (C=O) groups excluding carboxylic acids is 2. The molecule has 0 unspecified atom stereocenters. The number of anilines is 2. The van der Waals surface area contributed by atoms with E-state index in [-0.39, 0.29) is 29.0 Å². The summed E-state index contributed by atoms with van der Waals surface area (Å²) in [6.45, 7) is 0. The Labute approximate surface area is 188 Å². The van der Waals surface area contributed by atoms with Gasteiger partial charge in [-0.25, -0.2) is 9.37 Å². The Morgan fingerprint density at radius 3 is 2.41 bits per heavy atom. The van der Waals surface area contributed by atoms with Crippen molar-refractivity contribution in [2.24, 2.45) is 11.1 Å². The number of ether oxygens (including phenoxy) is 1. The van der Waals surface area contributed by atoms with E-state index in [1.165, 1.54) is 29.3 Å². The fourth-order valence-electron chi connectivity index (χ4n) is 4.16. The van der Waals surface area contributed by atoms with Crippen LogP contribution in [0.25, 0.3) is 0 Å². The van der Waals surface area contributed by atoms with Gasteiger partial charge in [0.05, 0.1) is 5.69 Å². The molecule has 0 atom stereocenters. The molecule has 1 aromatic heterocycles. The van der Waals surface area contributed by atoms with Crippen molar-refractivity contribution in [2.45, 2.75) is 51.0 Å². The van der Waals surface area contributed by atoms with Crippen molar-refractivity contribution in [2.75, 3.05) is 10.6 Å². The van der Waals surface area contributed by atoms with E-state index in [4.69, 9.17) is 27.8 Å². The standard InChI is InChI=1S/C22H23ClF2N4O3/c23-16-14(32-15-8-11-28-19(26)18(15)25)7-6-13(17(16)24)29(12-4-2-1-3-5-12)21(31)22(9-10-22)20(27)30/h6-8,11-12H,1-5,9-10H2,(H2,26,28)(H2,27,30). The van der Waals surface area contributed by atoms with Gasteiger partial charge in [0.1, 0.15) is 16.2 Å². The van der Waals surface area contributed by atoms with Crippen LogP contribution in [0.15, 0.2) is 24.4 Å². The Morgan fingerprint density at radius 2 is 1.78 bits per heavy atom. The highest BCUT2D eigenvalue weighted by molar-refractivity contribution is 6.32. The minimum atomic E-state index is -1.30. The summed E-state index contributed by atoms with van der Waals surface area (Å²) in [6, 6.07) is 3.66. The lowest BCUT2D eigenvalue weighted by Gasteiger charge is -2.36. The lowest BCUT2D eigenvalue weighted by Crippen LogP contribution is -2.49. The minimum Gasteiger partial charge on any atom is -0.452 e. The van der Waals surface area contributed by atoms with Gasteiger partial charge in [-0.2, -0.15) is 4.39 Å². The average molecular weight is 465 g/mol. The molecule has 7 nitrogen and oxygen atoms in total. The number of nitrogen functional groups attached to an aromatic ring is 1. The van der Waals surface area contributed by atoms with Crippen LogP contribution in [0, 0.1) is 17.0 Å². The summed E-state index contributed by atoms with van der Waals surface area (Å²) >= 11 is 6.22. The number of hydrogen-bond donors (Lipinski definition) is 2. The zero-order valence-electron chi connectivity index (χ0n) is 17.2. The van der Waals surface area contributed by atoms with Gasteiger partial charge in [-0.1, -0.05) is 30.9 Å². The van der Waals surface area contributed by atoms with Crippen molar-refractivity contribution in [3.8, 4) is 11.5 Å². The van der Waals surface area contributed by atoms with E-state index in [9.17, 15) is 14.0 Å². The molecule has 32 heavy (non-hydrogen) atoms. The second-order valence-electron chi connectivity index (χ2n) is 8.23. The van der Waals surface area contributed by atoms with Crippen molar-refractivity contribution in [3.63, 3.8) is 0 Å². The highest BCUT2D eigenvalue weighted by atomic mass is 35.5. The number of amides is 2. The van der Waals surface area contributed by atoms with E-state index in [0.29, 0.717) is 25.7 Å². The lowest BCUT2D eigenvalue weighted by atomic mass is 9.91. The molecule has 1 aromatic carbocycles. The van der Waals surface area contributed by atoms with Crippen molar-refractivity contribution in [1.82, 2.24) is 4.98 Å². The largest absolute Gasteiger partial charge is 0.452 e. The summed E-state index contributed by atoms with van der Waals surface area (Å²) in [6.07, 6.45) is 6.07. The van der Waals surface area contributed by atoms with Gasteiger partial charge in [0, 0.05) is 18.3 Å². The maximum atomic E-state index is 15.5. The fraction of sp³-hybridized carbons (Fsp3) is 0.409. The first-order chi connectivity index (χ1) is 15.3. The first-order valence-electron chi connectivity index (χ1n) is 10.5. The first-order valence-corrected chi connectivity index (χ1v) is 10.8. The average Bonchev–Trinajstić information content (AvgIpc) is 3.59. The number of pyridine rings is 1. The first kappa shape index (κ1) is 22.3. The van der Waals surface area contributed by atoms with Crippen molar-refractivity contribution in [1.29, 1.82) is 0 Å². The Kier molecular flexibility index (Phi) is 5.94. The molecular formula is C22H23ClF2N4O3. The summed E-state index contributed by atoms with van der Waals surface area (Å²) in [7, 11) is 0. The summed E-state index contributed by atoms with van der Waals surface area (Å²) in [5.74, 6) is -3.79. The second kappa shape index (κ2) is 8.54. The van der Waals surface area contributed by atoms with Crippen molar-refractivity contribution >= 4 is 34.9 Å². The SMILES string of the molecule is NC(=O)C1(C(=O)N(c2ccc(Oc3ccnc(N)c3F)c(Cl)c2F)C2CCCCC2)CC1. The number of nitrogens with zero attached hydrogens (tertiary/aromatic N) is 2. The molecule has 2 fully saturated rings. The van der Waals surface area contributed by atoms with Crippen LogP contribution >= 0.6 is 11.6 Å². The van der Waals surface area contributed by atoms with Gasteiger partial charge in [-0.3, -0.25) is 9.59 Å². The topological polar surface area (TPSA) is 112 Å². The molecule has 4 rings (SSSR count). The van der Waals surface area contributed by atoms with Crippen LogP contribution in [0.1, 0.15) is 44.9 Å². The number of primary amides is 1. The van der Waals surface area contributed by atoms with E-state index >= 15 is 4.39 Å². The number of carbonyl (C=O) groups is 2. The van der Waals surface area contributed by atoms with Crippen molar-refractivity contribution < 1.29 is 23.1 Å². The summed E-state index contributed by atoms with van der Waals surface area (Å²) in [5, 5.41) is -0.421. The van der Waals surface area contributed by atoms with E-state index in [0.717, 1.165) is 19.3 Å². The quantitative estimate of drug-likeness (QED) is 0.618. The molecule has 4 N–H and O–H groups in total. The third-order valence-electron chi connectivity index (χ3n) is 6.18. The molecule has 0 saturated heterocycles. The van der Waals surface area contributed by atoms with Gasteiger partial charge < -0.3 is 21.1 Å². The van der Waals surface area contributed by atoms with Crippen LogP contribution in [0.3, 0.4) is 0 Å². The third-order valence-corrected chi connectivity index (χ3v) is 6.53. The number of nitrogens with two attached hydrogens (primary N) is 2. The van der Waals surface area contributed by atoms with Crippen LogP contribution in [-0.4, -0.2) is 22.8 Å². The predicted octanol–water partition coefficient (Wildman–Crippen LogP) is 4.32. The van der Waals surface area contributed by atoms with E-state index in [1.54, 1.807) is 0 Å². The lowest BCUT2D eigenvalue weighted by molar-refractivity contribution is -0.134. The van der Waals surface area contributed by atoms with Crippen LogP contribution in [-0.2, 0) is 9.59 Å². The molecule has 2 aliphatic rings. The molecule has 2 aliphatic carbocycles. The van der Waals surface area contributed by atoms with Gasteiger partial charge in [0.15, 0.2) is 17.4 Å². The molecule has 0 aliphatic heterocycles. The summed E-state index contributed by atoms with van der Waals surface area (Å²) < 4.78 is 35.0. The Hall–Kier alpha value is -2.94. The maximum absolute atomic E-state index is 15.5. The Bertz CT molecular complexity index is 1070. The number of halogens is 3. The Balaban J connectivity index is 1.71. The zero-order chi connectivity index (χ0) is 23.0. The molecule has 0 spiro atoms. The molecular weight excluding hydrogens is 442 g/mol. The van der Waals surface area contributed by atoms with Gasteiger partial charge in [0.2, 0.25) is 17.6 Å². The molecule has 0 bridgehead atoms. The molecule has 10 heteroatoms. The van der Waals surface area contributed by atoms with E-state index in [1.807, 2.05) is 0 Å². The van der Waals surface area contributed by atoms with Crippen LogP contribution < -0.4 is 21.1 Å². The third kappa shape index (κ3) is 3.85. The predicted molar refractivity (Wildman–Crippen MR) is 115 cm³/mol. The monoisotopic (exact) mass is 464 g/mol. The van der Waals surface area contributed by atoms with Crippen LogP contribution in [0.4, 0.5) is 20.3 Å². The van der Waals surface area contributed by atoms with Crippen LogP contribution in [0.2, 0.25) is 5.02 Å². The molecule has 170 valence electrons. The summed E-state index contributed by atoms with van der Waals surface area (Å²) in [4.78, 5) is 30.3. The number of aromatic nitrogens is 1. The van der Waals surface area contributed by atoms with E-state index in [2.05, 4.69) is 4.98 Å². The molecule has 2 saturated carbocycles. The smallest absolute Gasteiger partial charge is 0.243 e. The number of hydrogen-bond acceptors (Lipinski definition) is 5. The summed E-state index contributed by atoms with van der Waals surface area (Å²) in [5.41, 5.74) is 9.59. The Morgan fingerprint density at radius 1 is 1.09 bits per heavy atom. The van der Waals surface area contributed by atoms with Gasteiger partial charge in [0.25, 0.3) is 0 Å². The van der Waals surface area contributed by atoms with Crippen LogP contribution in [0.5, 0.6) is 11.5 Å². The highest BCUT2D eigenvalue weighted by Gasteiger charge is 2.58. The molecule has 2 aromatic rings. The van der Waals surface area contributed by atoms with Gasteiger partial charge in [-0.15, -0.1) is 0 Å². The second-order valence-corrected chi connectivity index (χ2v) is 8.61. The van der Waals surface area contributed by atoms with Gasteiger partial charge >= 0.3 is 0 Å². The number of rotatable bonds is 6. The highest BCUT2D eigenvalue weighted by Crippen LogP contribution is 2.49. The molecule has 1 heterocycles. The molecule has 0 radical (unpaired) electrons. The van der Waals surface area contributed by atoms with Gasteiger partial charge in [-0.05, 0) is 37.8 Å². The van der Waals surface area contributed by atoms with Crippen molar-refractivity contribution in [3.05, 3.63) is 41.1 Å². The molecule has 2 amide bonds.